The van der Waals surface area contributed by atoms with Crippen LogP contribution in [0.15, 0.2) is 24.3 Å². The van der Waals surface area contributed by atoms with E-state index in [4.69, 9.17) is 5.73 Å². The molecule has 0 aliphatic rings. The Morgan fingerprint density at radius 3 is 2.11 bits per heavy atom. The Morgan fingerprint density at radius 2 is 1.61 bits per heavy atom. The second-order valence-electron chi connectivity index (χ2n) is 6.86. The van der Waals surface area contributed by atoms with Crippen LogP contribution in [-0.2, 0) is 25.6 Å². The Hall–Kier alpha value is -2.81. The van der Waals surface area contributed by atoms with E-state index < -0.39 is 48.2 Å². The van der Waals surface area contributed by atoms with Crippen LogP contribution >= 0.6 is 0 Å². The van der Waals surface area contributed by atoms with Crippen LogP contribution < -0.4 is 16.4 Å². The molecule has 1 rings (SSSR count). The van der Waals surface area contributed by atoms with Crippen LogP contribution in [0.25, 0.3) is 0 Å². The van der Waals surface area contributed by atoms with E-state index in [-0.39, 0.29) is 18.1 Å². The number of halogens is 1. The van der Waals surface area contributed by atoms with Crippen molar-refractivity contribution in [1.82, 2.24) is 10.6 Å². The van der Waals surface area contributed by atoms with Gasteiger partial charge in [-0.15, -0.1) is 0 Å². The molecule has 0 spiro atoms. The van der Waals surface area contributed by atoms with Crippen molar-refractivity contribution in [2.75, 3.05) is 6.67 Å². The first-order valence-electron chi connectivity index (χ1n) is 8.84. The molecule has 0 fully saturated rings. The Morgan fingerprint density at radius 1 is 1.04 bits per heavy atom. The molecule has 3 atom stereocenters. The molecule has 1 aromatic rings. The lowest BCUT2D eigenvalue weighted by Crippen LogP contribution is -2.56. The largest absolute Gasteiger partial charge is 0.508 e. The maximum Gasteiger partial charge on any atom is 0.243 e. The Balaban J connectivity index is 2.73. The normalized spacial score (nSPS) is 14.1. The summed E-state index contributed by atoms with van der Waals surface area (Å²) in [5, 5.41) is 14.1. The van der Waals surface area contributed by atoms with Crippen molar-refractivity contribution in [3.05, 3.63) is 29.8 Å². The SMILES string of the molecule is CC(NC(=O)C(NC(=O)C(N)Cc1ccc(O)cc1)C(C)C)C(=O)C(=O)CF. The maximum absolute atomic E-state index is 12.4. The lowest BCUT2D eigenvalue weighted by molar-refractivity contribution is -0.139. The van der Waals surface area contributed by atoms with Gasteiger partial charge in [-0.1, -0.05) is 26.0 Å². The third-order valence-corrected chi connectivity index (χ3v) is 4.12. The van der Waals surface area contributed by atoms with E-state index >= 15 is 0 Å². The summed E-state index contributed by atoms with van der Waals surface area (Å²) in [6.07, 6.45) is 0.193. The lowest BCUT2D eigenvalue weighted by Gasteiger charge is -2.25. The highest BCUT2D eigenvalue weighted by atomic mass is 19.1. The Bertz CT molecular complexity index is 721. The summed E-state index contributed by atoms with van der Waals surface area (Å²) in [4.78, 5) is 47.5. The van der Waals surface area contributed by atoms with Crippen LogP contribution in [0.4, 0.5) is 4.39 Å². The molecule has 0 saturated heterocycles. The molecule has 1 aromatic carbocycles. The van der Waals surface area contributed by atoms with Crippen LogP contribution in [0.3, 0.4) is 0 Å². The standard InChI is InChI=1S/C19H26FN3O5/c1-10(2)16(19(28)22-11(3)17(26)15(25)9-20)23-18(27)14(21)8-12-4-6-13(24)7-5-12/h4-7,10-11,14,16,24H,8-9,21H2,1-3H3,(H,22,28)(H,23,27). The lowest BCUT2D eigenvalue weighted by atomic mass is 10.0. The minimum absolute atomic E-state index is 0.0909. The van der Waals surface area contributed by atoms with Gasteiger partial charge in [0, 0.05) is 0 Å². The number of Topliss-reactive ketones (excluding diaryl/α,β-unsaturated/α-hetero) is 2. The number of aromatic hydroxyl groups is 1. The van der Waals surface area contributed by atoms with Crippen LogP contribution in [-0.4, -0.2) is 53.3 Å². The Kier molecular flexibility index (Phi) is 8.72. The molecule has 0 heterocycles. The zero-order valence-corrected chi connectivity index (χ0v) is 16.1. The van der Waals surface area contributed by atoms with Crippen molar-refractivity contribution >= 4 is 23.4 Å². The molecule has 0 aliphatic heterocycles. The second-order valence-corrected chi connectivity index (χ2v) is 6.86. The van der Waals surface area contributed by atoms with Crippen molar-refractivity contribution in [3.63, 3.8) is 0 Å². The molecule has 3 unspecified atom stereocenters. The van der Waals surface area contributed by atoms with Gasteiger partial charge in [-0.25, -0.2) is 4.39 Å². The quantitative estimate of drug-likeness (QED) is 0.412. The average molecular weight is 395 g/mol. The molecule has 0 bridgehead atoms. The topological polar surface area (TPSA) is 139 Å². The molecule has 28 heavy (non-hydrogen) atoms. The third kappa shape index (κ3) is 6.73. The highest BCUT2D eigenvalue weighted by molar-refractivity contribution is 6.39. The van der Waals surface area contributed by atoms with E-state index in [0.717, 1.165) is 5.56 Å². The highest BCUT2D eigenvalue weighted by Gasteiger charge is 2.30. The van der Waals surface area contributed by atoms with E-state index in [1.807, 2.05) is 0 Å². The molecular weight excluding hydrogens is 369 g/mol. The van der Waals surface area contributed by atoms with Gasteiger partial charge in [-0.3, -0.25) is 19.2 Å². The minimum atomic E-state index is -1.44. The number of ketones is 2. The van der Waals surface area contributed by atoms with Crippen molar-refractivity contribution in [1.29, 1.82) is 0 Å². The van der Waals surface area contributed by atoms with Gasteiger partial charge in [0.1, 0.15) is 11.8 Å². The second kappa shape index (κ2) is 10.5. The van der Waals surface area contributed by atoms with E-state index in [0.29, 0.717) is 0 Å². The van der Waals surface area contributed by atoms with Gasteiger partial charge in [0.15, 0.2) is 6.67 Å². The first kappa shape index (κ1) is 23.2. The van der Waals surface area contributed by atoms with Gasteiger partial charge in [0.25, 0.3) is 0 Å². The van der Waals surface area contributed by atoms with Gasteiger partial charge in [0.2, 0.25) is 23.4 Å². The molecular formula is C19H26FN3O5. The smallest absolute Gasteiger partial charge is 0.243 e. The van der Waals surface area contributed by atoms with Gasteiger partial charge < -0.3 is 21.5 Å². The number of carbonyl (C=O) groups excluding carboxylic acids is 4. The maximum atomic E-state index is 12.4. The van der Waals surface area contributed by atoms with Gasteiger partial charge in [-0.05, 0) is 37.0 Å². The number of nitrogens with two attached hydrogens (primary N) is 1. The highest BCUT2D eigenvalue weighted by Crippen LogP contribution is 2.11. The van der Waals surface area contributed by atoms with E-state index in [1.54, 1.807) is 26.0 Å². The van der Waals surface area contributed by atoms with Crippen LogP contribution in [0.2, 0.25) is 0 Å². The van der Waals surface area contributed by atoms with E-state index in [9.17, 15) is 28.7 Å². The molecule has 8 nitrogen and oxygen atoms in total. The molecule has 2 amide bonds. The number of phenolic OH excluding ortho intramolecular Hbond substituents is 1. The van der Waals surface area contributed by atoms with Crippen molar-refractivity contribution in [2.45, 2.75) is 45.3 Å². The number of amides is 2. The van der Waals surface area contributed by atoms with Crippen LogP contribution in [0, 0.1) is 5.92 Å². The number of benzene rings is 1. The van der Waals surface area contributed by atoms with Crippen molar-refractivity contribution < 1.29 is 28.7 Å². The average Bonchev–Trinajstić information content (AvgIpc) is 2.65. The first-order chi connectivity index (χ1) is 13.1. The summed E-state index contributed by atoms with van der Waals surface area (Å²) in [7, 11) is 0. The molecule has 5 N–H and O–H groups in total. The summed E-state index contributed by atoms with van der Waals surface area (Å²) in [5.41, 5.74) is 6.63. The van der Waals surface area contributed by atoms with Gasteiger partial charge in [-0.2, -0.15) is 0 Å². The number of nitrogens with one attached hydrogen (secondary N) is 2. The predicted octanol–water partition coefficient (Wildman–Crippen LogP) is 0.0152. The molecule has 154 valence electrons. The molecule has 0 aromatic heterocycles. The monoisotopic (exact) mass is 395 g/mol. The number of hydrogen-bond acceptors (Lipinski definition) is 6. The zero-order valence-electron chi connectivity index (χ0n) is 16.1. The summed E-state index contributed by atoms with van der Waals surface area (Å²) < 4.78 is 12.3. The fourth-order valence-electron chi connectivity index (χ4n) is 2.45. The van der Waals surface area contributed by atoms with Crippen LogP contribution in [0.5, 0.6) is 5.75 Å². The molecule has 0 aliphatic carbocycles. The van der Waals surface area contributed by atoms with Gasteiger partial charge in [0.05, 0.1) is 12.1 Å². The number of hydrogen-bond donors (Lipinski definition) is 4. The molecule has 9 heteroatoms. The van der Waals surface area contributed by atoms with Gasteiger partial charge >= 0.3 is 0 Å². The van der Waals surface area contributed by atoms with E-state index in [2.05, 4.69) is 10.6 Å². The van der Waals surface area contributed by atoms with Crippen molar-refractivity contribution in [3.8, 4) is 5.75 Å². The number of alkyl halides is 1. The fourth-order valence-corrected chi connectivity index (χ4v) is 2.45. The molecule has 0 saturated carbocycles. The summed E-state index contributed by atoms with van der Waals surface area (Å²) in [6, 6.07) is 3.07. The zero-order chi connectivity index (χ0) is 21.4. The number of rotatable bonds is 10. The summed E-state index contributed by atoms with van der Waals surface area (Å²) in [6.45, 7) is 3.21. The Labute approximate surface area is 162 Å². The predicted molar refractivity (Wildman–Crippen MR) is 100 cm³/mol. The summed E-state index contributed by atoms with van der Waals surface area (Å²) in [5.74, 6) is -3.76. The fraction of sp³-hybridized carbons (Fsp3) is 0.474. The van der Waals surface area contributed by atoms with E-state index in [1.165, 1.54) is 19.1 Å². The third-order valence-electron chi connectivity index (χ3n) is 4.12. The van der Waals surface area contributed by atoms with Crippen molar-refractivity contribution in [2.24, 2.45) is 11.7 Å². The number of phenols is 1. The summed E-state index contributed by atoms with van der Waals surface area (Å²) >= 11 is 0. The van der Waals surface area contributed by atoms with Crippen LogP contribution in [0.1, 0.15) is 26.3 Å². The molecule has 0 radical (unpaired) electrons. The minimum Gasteiger partial charge on any atom is -0.508 e. The first-order valence-corrected chi connectivity index (χ1v) is 8.84. The number of carbonyl (C=O) groups is 4.